The third-order valence-corrected chi connectivity index (χ3v) is 1.60. The van der Waals surface area contributed by atoms with Crippen molar-refractivity contribution in [2.75, 3.05) is 7.11 Å². The minimum Gasteiger partial charge on any atom is -0.467 e. The fourth-order valence-corrected chi connectivity index (χ4v) is 0.883. The normalized spacial score (nSPS) is 12.4. The minimum atomic E-state index is -1.53. The van der Waals surface area contributed by atoms with Gasteiger partial charge in [-0.2, -0.15) is 0 Å². The first kappa shape index (κ1) is 10.3. The molecule has 1 unspecified atom stereocenters. The zero-order chi connectivity index (χ0) is 10.7. The van der Waals surface area contributed by atoms with Crippen LogP contribution in [0.15, 0.2) is 9.59 Å². The maximum Gasteiger partial charge on any atom is 0.344 e. The second kappa shape index (κ2) is 3.92. The van der Waals surface area contributed by atoms with E-state index in [1.807, 2.05) is 10.2 Å². The van der Waals surface area contributed by atoms with Crippen LogP contribution in [0, 0.1) is 0 Å². The predicted octanol–water partition coefficient (Wildman–Crippen LogP) is -2.60. The average molecular weight is 203 g/mol. The van der Waals surface area contributed by atoms with Crippen LogP contribution in [-0.2, 0) is 16.1 Å². The van der Waals surface area contributed by atoms with Crippen molar-refractivity contribution in [1.29, 1.82) is 0 Å². The number of carbonyl (C=O) groups excluding carboxylic acids is 1. The maximum absolute atomic E-state index is 10.9. The monoisotopic (exact) mass is 203 g/mol. The van der Waals surface area contributed by atoms with Crippen molar-refractivity contribution < 1.29 is 14.6 Å². The number of hydrogen-bond acceptors (Lipinski definition) is 5. The predicted molar refractivity (Wildman–Crippen MR) is 43.7 cm³/mol. The van der Waals surface area contributed by atoms with Gasteiger partial charge in [-0.3, -0.25) is 0 Å². The van der Waals surface area contributed by atoms with Crippen molar-refractivity contribution in [1.82, 2.24) is 14.8 Å². The Kier molecular flexibility index (Phi) is 2.87. The van der Waals surface area contributed by atoms with Gasteiger partial charge < -0.3 is 9.84 Å². The first-order chi connectivity index (χ1) is 6.56. The largest absolute Gasteiger partial charge is 0.467 e. The molecule has 0 radical (unpaired) electrons. The van der Waals surface area contributed by atoms with Gasteiger partial charge in [-0.15, -0.1) is 0 Å². The summed E-state index contributed by atoms with van der Waals surface area (Å²) in [5, 5.41) is 13.1. The standard InChI is InChI=1S/C6H9N3O5/c1-14-4(11)3(10)2-9-5(12)7-8-6(9)13/h3,10H,2H2,1H3,(H,7,12)(H,8,13). The lowest BCUT2D eigenvalue weighted by molar-refractivity contribution is -0.151. The molecule has 0 aromatic carbocycles. The highest BCUT2D eigenvalue weighted by Gasteiger charge is 2.18. The van der Waals surface area contributed by atoms with Crippen LogP contribution < -0.4 is 11.4 Å². The summed E-state index contributed by atoms with van der Waals surface area (Å²) in [6, 6.07) is 0. The molecule has 14 heavy (non-hydrogen) atoms. The Balaban J connectivity index is 2.84. The number of H-pyrrole nitrogens is 2. The molecule has 78 valence electrons. The summed E-state index contributed by atoms with van der Waals surface area (Å²) < 4.78 is 4.87. The van der Waals surface area contributed by atoms with Gasteiger partial charge in [0.05, 0.1) is 13.7 Å². The van der Waals surface area contributed by atoms with Crippen LogP contribution in [0.5, 0.6) is 0 Å². The van der Waals surface area contributed by atoms with E-state index in [0.717, 1.165) is 7.11 Å². The van der Waals surface area contributed by atoms with Crippen molar-refractivity contribution in [3.63, 3.8) is 0 Å². The van der Waals surface area contributed by atoms with Gasteiger partial charge in [0.2, 0.25) is 0 Å². The third kappa shape index (κ3) is 1.91. The Hall–Kier alpha value is -1.83. The Morgan fingerprint density at radius 2 is 2.00 bits per heavy atom. The van der Waals surface area contributed by atoms with Crippen molar-refractivity contribution in [3.05, 3.63) is 21.0 Å². The molecule has 1 aromatic rings. The zero-order valence-corrected chi connectivity index (χ0v) is 7.31. The fraction of sp³-hybridized carbons (Fsp3) is 0.500. The Labute approximate surface area is 77.1 Å². The maximum atomic E-state index is 10.9. The van der Waals surface area contributed by atoms with Crippen molar-refractivity contribution in [2.24, 2.45) is 0 Å². The smallest absolute Gasteiger partial charge is 0.344 e. The van der Waals surface area contributed by atoms with Gasteiger partial charge in [0.1, 0.15) is 0 Å². The molecule has 0 saturated carbocycles. The molecular weight excluding hydrogens is 194 g/mol. The van der Waals surface area contributed by atoms with Crippen LogP contribution in [-0.4, -0.2) is 39.1 Å². The molecule has 3 N–H and O–H groups in total. The Morgan fingerprint density at radius 1 is 1.50 bits per heavy atom. The number of aromatic amines is 2. The van der Waals surface area contributed by atoms with Crippen LogP contribution >= 0.6 is 0 Å². The number of esters is 1. The summed E-state index contributed by atoms with van der Waals surface area (Å²) in [7, 11) is 1.09. The lowest BCUT2D eigenvalue weighted by atomic mass is 10.3. The molecule has 1 rings (SSSR count). The summed E-state index contributed by atoms with van der Waals surface area (Å²) in [6.45, 7) is -0.440. The lowest BCUT2D eigenvalue weighted by Crippen LogP contribution is -2.36. The van der Waals surface area contributed by atoms with E-state index in [4.69, 9.17) is 5.11 Å². The highest BCUT2D eigenvalue weighted by molar-refractivity contribution is 5.73. The molecular formula is C6H9N3O5. The molecule has 0 aliphatic heterocycles. The van der Waals surface area contributed by atoms with Gasteiger partial charge in [-0.25, -0.2) is 29.1 Å². The summed E-state index contributed by atoms with van der Waals surface area (Å²) in [6.07, 6.45) is -1.53. The van der Waals surface area contributed by atoms with E-state index < -0.39 is 30.0 Å². The molecule has 0 fully saturated rings. The molecule has 0 saturated heterocycles. The van der Waals surface area contributed by atoms with Gasteiger partial charge in [0.25, 0.3) is 0 Å². The number of aliphatic hydroxyl groups excluding tert-OH is 1. The van der Waals surface area contributed by atoms with Gasteiger partial charge in [0.15, 0.2) is 6.10 Å². The summed E-state index contributed by atoms with van der Waals surface area (Å²) in [5.41, 5.74) is -1.45. The number of hydrogen-bond donors (Lipinski definition) is 3. The molecule has 1 aromatic heterocycles. The molecule has 0 spiro atoms. The van der Waals surface area contributed by atoms with Crippen LogP contribution in [0.2, 0.25) is 0 Å². The topological polar surface area (TPSA) is 117 Å². The zero-order valence-electron chi connectivity index (χ0n) is 7.31. The molecule has 8 heteroatoms. The van der Waals surface area contributed by atoms with E-state index in [0.29, 0.717) is 4.57 Å². The SMILES string of the molecule is COC(=O)C(O)Cn1c(=O)[nH][nH]c1=O. The van der Waals surface area contributed by atoms with E-state index in [9.17, 15) is 14.4 Å². The third-order valence-electron chi connectivity index (χ3n) is 1.60. The molecule has 1 atom stereocenters. The quantitative estimate of drug-likeness (QED) is 0.465. The van der Waals surface area contributed by atoms with Crippen molar-refractivity contribution >= 4 is 5.97 Å². The molecule has 0 aliphatic carbocycles. The number of rotatable bonds is 3. The van der Waals surface area contributed by atoms with Crippen molar-refractivity contribution in [2.45, 2.75) is 12.6 Å². The number of ether oxygens (including phenoxy) is 1. The van der Waals surface area contributed by atoms with E-state index in [2.05, 4.69) is 4.74 Å². The second-order valence-electron chi connectivity index (χ2n) is 2.51. The highest BCUT2D eigenvalue weighted by atomic mass is 16.5. The van der Waals surface area contributed by atoms with Gasteiger partial charge >= 0.3 is 17.3 Å². The Morgan fingerprint density at radius 3 is 2.43 bits per heavy atom. The van der Waals surface area contributed by atoms with Gasteiger partial charge in [0, 0.05) is 0 Å². The minimum absolute atomic E-state index is 0.440. The molecule has 8 nitrogen and oxygen atoms in total. The van der Waals surface area contributed by atoms with Gasteiger partial charge in [-0.05, 0) is 0 Å². The van der Waals surface area contributed by atoms with E-state index in [-0.39, 0.29) is 0 Å². The summed E-state index contributed by atoms with van der Waals surface area (Å²) >= 11 is 0. The first-order valence-corrected chi connectivity index (χ1v) is 3.69. The highest BCUT2D eigenvalue weighted by Crippen LogP contribution is 1.88. The first-order valence-electron chi connectivity index (χ1n) is 3.69. The number of nitrogens with zero attached hydrogens (tertiary/aromatic N) is 1. The summed E-state index contributed by atoms with van der Waals surface area (Å²) in [5.74, 6) is -0.905. The second-order valence-corrected chi connectivity index (χ2v) is 2.51. The summed E-state index contributed by atoms with van der Waals surface area (Å²) in [4.78, 5) is 32.5. The number of aliphatic hydroxyl groups is 1. The van der Waals surface area contributed by atoms with Crippen LogP contribution in [0.3, 0.4) is 0 Å². The molecule has 1 heterocycles. The fourth-order valence-electron chi connectivity index (χ4n) is 0.883. The molecule has 0 amide bonds. The van der Waals surface area contributed by atoms with Crippen LogP contribution in [0.25, 0.3) is 0 Å². The molecule has 0 bridgehead atoms. The number of methoxy groups -OCH3 is 1. The van der Waals surface area contributed by atoms with Crippen LogP contribution in [0.4, 0.5) is 0 Å². The van der Waals surface area contributed by atoms with Gasteiger partial charge in [-0.1, -0.05) is 0 Å². The van der Waals surface area contributed by atoms with Crippen molar-refractivity contribution in [3.8, 4) is 0 Å². The van der Waals surface area contributed by atoms with E-state index >= 15 is 0 Å². The van der Waals surface area contributed by atoms with Crippen LogP contribution in [0.1, 0.15) is 0 Å². The lowest BCUT2D eigenvalue weighted by Gasteiger charge is -2.06. The number of aromatic nitrogens is 3. The average Bonchev–Trinajstić information content (AvgIpc) is 2.48. The van der Waals surface area contributed by atoms with E-state index in [1.54, 1.807) is 0 Å². The molecule has 0 aliphatic rings. The number of nitrogens with one attached hydrogen (secondary N) is 2. The van der Waals surface area contributed by atoms with E-state index in [1.165, 1.54) is 0 Å². The Bertz CT molecular complexity index is 400. The number of carbonyl (C=O) groups is 1.